The number of carbonyl (C=O) groups excluding carboxylic acids is 1. The molecule has 0 saturated heterocycles. The van der Waals surface area contributed by atoms with E-state index in [9.17, 15) is 9.59 Å². The maximum absolute atomic E-state index is 12.7. The van der Waals surface area contributed by atoms with Gasteiger partial charge in [0.25, 0.3) is 11.5 Å². The third kappa shape index (κ3) is 3.83. The van der Waals surface area contributed by atoms with E-state index >= 15 is 0 Å². The van der Waals surface area contributed by atoms with E-state index < -0.39 is 0 Å². The van der Waals surface area contributed by atoms with Crippen LogP contribution in [-0.2, 0) is 6.54 Å². The van der Waals surface area contributed by atoms with Crippen LogP contribution in [-0.4, -0.2) is 29.5 Å². The molecule has 0 N–H and O–H groups in total. The number of amides is 1. The summed E-state index contributed by atoms with van der Waals surface area (Å²) in [4.78, 5) is 26.6. The Morgan fingerprint density at radius 1 is 1.00 bits per heavy atom. The molecule has 26 heavy (non-hydrogen) atoms. The number of nitrogens with zero attached hydrogens (tertiary/aromatic N) is 2. The Kier molecular flexibility index (Phi) is 5.17. The topological polar surface area (TPSA) is 51.5 Å². The summed E-state index contributed by atoms with van der Waals surface area (Å²) >= 11 is 0. The van der Waals surface area contributed by atoms with E-state index in [4.69, 9.17) is 4.74 Å². The van der Waals surface area contributed by atoms with Crippen molar-refractivity contribution >= 4 is 5.91 Å². The summed E-state index contributed by atoms with van der Waals surface area (Å²) in [5.74, 6) is 0.563. The van der Waals surface area contributed by atoms with Gasteiger partial charge in [-0.2, -0.15) is 0 Å². The molecule has 3 rings (SSSR count). The largest absolute Gasteiger partial charge is 0.497 e. The minimum absolute atomic E-state index is 0.142. The van der Waals surface area contributed by atoms with Crippen molar-refractivity contribution in [3.05, 3.63) is 94.4 Å². The molecule has 132 valence electrons. The molecule has 0 aliphatic heterocycles. The molecule has 0 unspecified atom stereocenters. The molecule has 5 nitrogen and oxygen atoms in total. The third-order valence-electron chi connectivity index (χ3n) is 4.12. The van der Waals surface area contributed by atoms with Gasteiger partial charge in [-0.25, -0.2) is 0 Å². The second kappa shape index (κ2) is 7.70. The maximum Gasteiger partial charge on any atom is 0.255 e. The average molecular weight is 348 g/mol. The van der Waals surface area contributed by atoms with Crippen molar-refractivity contribution < 1.29 is 9.53 Å². The number of ether oxygens (including phenoxy) is 1. The van der Waals surface area contributed by atoms with Crippen LogP contribution in [0.5, 0.6) is 5.75 Å². The highest BCUT2D eigenvalue weighted by Crippen LogP contribution is 2.15. The minimum Gasteiger partial charge on any atom is -0.497 e. The standard InChI is InChI=1S/C21H20N2O3/c1-22(14-16-6-4-3-5-7-16)21(25)17-8-13-20(24)23(15-17)18-9-11-19(26-2)12-10-18/h3-13,15H,14H2,1-2H3. The second-order valence-corrected chi connectivity index (χ2v) is 5.97. The van der Waals surface area contributed by atoms with E-state index in [1.165, 1.54) is 10.6 Å². The first kappa shape index (κ1) is 17.5. The van der Waals surface area contributed by atoms with Gasteiger partial charge in [0.15, 0.2) is 0 Å². The summed E-state index contributed by atoms with van der Waals surface area (Å²) in [5, 5.41) is 0. The molecule has 0 atom stereocenters. The minimum atomic E-state index is -0.197. The van der Waals surface area contributed by atoms with Crippen molar-refractivity contribution in [2.45, 2.75) is 6.54 Å². The fourth-order valence-corrected chi connectivity index (χ4v) is 2.71. The Morgan fingerprint density at radius 2 is 1.69 bits per heavy atom. The number of benzene rings is 2. The van der Waals surface area contributed by atoms with Crippen LogP contribution in [0.15, 0.2) is 77.7 Å². The van der Waals surface area contributed by atoms with Gasteiger partial charge in [-0.15, -0.1) is 0 Å². The highest BCUT2D eigenvalue weighted by atomic mass is 16.5. The van der Waals surface area contributed by atoms with Gasteiger partial charge in [0.05, 0.1) is 12.7 Å². The van der Waals surface area contributed by atoms with Crippen molar-refractivity contribution in [1.82, 2.24) is 9.47 Å². The Hall–Kier alpha value is -3.34. The predicted octanol–water partition coefficient (Wildman–Crippen LogP) is 3.12. The summed E-state index contributed by atoms with van der Waals surface area (Å²) in [5.41, 5.74) is 1.99. The fraction of sp³-hybridized carbons (Fsp3) is 0.143. The Bertz CT molecular complexity index is 947. The first-order chi connectivity index (χ1) is 12.6. The lowest BCUT2D eigenvalue weighted by Gasteiger charge is -2.18. The van der Waals surface area contributed by atoms with Gasteiger partial charge >= 0.3 is 0 Å². The van der Waals surface area contributed by atoms with Crippen molar-refractivity contribution in [3.8, 4) is 11.4 Å². The lowest BCUT2D eigenvalue weighted by Crippen LogP contribution is -2.28. The number of aromatic nitrogens is 1. The van der Waals surface area contributed by atoms with Gasteiger partial charge in [-0.1, -0.05) is 30.3 Å². The molecule has 0 fully saturated rings. The third-order valence-corrected chi connectivity index (χ3v) is 4.12. The van der Waals surface area contributed by atoms with Crippen LogP contribution in [0.3, 0.4) is 0 Å². The molecule has 1 heterocycles. The summed E-state index contributed by atoms with van der Waals surface area (Å²) in [6.07, 6.45) is 1.58. The predicted molar refractivity (Wildman–Crippen MR) is 101 cm³/mol. The maximum atomic E-state index is 12.7. The highest BCUT2D eigenvalue weighted by Gasteiger charge is 2.14. The number of hydrogen-bond acceptors (Lipinski definition) is 3. The highest BCUT2D eigenvalue weighted by molar-refractivity contribution is 5.93. The number of methoxy groups -OCH3 is 1. The molecular formula is C21H20N2O3. The van der Waals surface area contributed by atoms with Crippen LogP contribution < -0.4 is 10.3 Å². The van der Waals surface area contributed by atoms with Crippen molar-refractivity contribution in [3.63, 3.8) is 0 Å². The first-order valence-electron chi connectivity index (χ1n) is 8.25. The smallest absolute Gasteiger partial charge is 0.255 e. The van der Waals surface area contributed by atoms with E-state index in [1.807, 2.05) is 30.3 Å². The van der Waals surface area contributed by atoms with E-state index in [1.54, 1.807) is 55.6 Å². The Balaban J connectivity index is 1.86. The molecule has 0 saturated carbocycles. The Labute approximate surface area is 152 Å². The van der Waals surface area contributed by atoms with Gasteiger partial charge in [0.1, 0.15) is 5.75 Å². The zero-order valence-electron chi connectivity index (χ0n) is 14.8. The monoisotopic (exact) mass is 348 g/mol. The number of carbonyl (C=O) groups is 1. The molecule has 1 aromatic heterocycles. The fourth-order valence-electron chi connectivity index (χ4n) is 2.71. The van der Waals surface area contributed by atoms with E-state index in [0.29, 0.717) is 23.5 Å². The van der Waals surface area contributed by atoms with Gasteiger partial charge in [-0.3, -0.25) is 14.2 Å². The van der Waals surface area contributed by atoms with E-state index in [2.05, 4.69) is 0 Å². The van der Waals surface area contributed by atoms with Crippen LogP contribution >= 0.6 is 0 Å². The molecular weight excluding hydrogens is 328 g/mol. The van der Waals surface area contributed by atoms with Gasteiger partial charge < -0.3 is 9.64 Å². The number of pyridine rings is 1. The van der Waals surface area contributed by atoms with Crippen LogP contribution in [0.2, 0.25) is 0 Å². The molecule has 0 spiro atoms. The van der Waals surface area contributed by atoms with Crippen molar-refractivity contribution in [1.29, 1.82) is 0 Å². The molecule has 0 aliphatic rings. The van der Waals surface area contributed by atoms with Gasteiger partial charge in [0.2, 0.25) is 0 Å². The van der Waals surface area contributed by atoms with Crippen LogP contribution in [0.4, 0.5) is 0 Å². The molecule has 1 amide bonds. The SMILES string of the molecule is COc1ccc(-n2cc(C(=O)N(C)Cc3ccccc3)ccc2=O)cc1. The van der Waals surface area contributed by atoms with Crippen LogP contribution in [0.25, 0.3) is 5.69 Å². The second-order valence-electron chi connectivity index (χ2n) is 5.97. The van der Waals surface area contributed by atoms with E-state index in [-0.39, 0.29) is 11.5 Å². The quantitative estimate of drug-likeness (QED) is 0.712. The zero-order chi connectivity index (χ0) is 18.5. The summed E-state index contributed by atoms with van der Waals surface area (Å²) in [7, 11) is 3.33. The average Bonchev–Trinajstić information content (AvgIpc) is 2.68. The number of hydrogen-bond donors (Lipinski definition) is 0. The lowest BCUT2D eigenvalue weighted by molar-refractivity contribution is 0.0784. The molecule has 2 aromatic carbocycles. The normalized spacial score (nSPS) is 10.4. The van der Waals surface area contributed by atoms with Crippen LogP contribution in [0, 0.1) is 0 Å². The molecule has 0 bridgehead atoms. The van der Waals surface area contributed by atoms with Crippen LogP contribution in [0.1, 0.15) is 15.9 Å². The van der Waals surface area contributed by atoms with Crippen molar-refractivity contribution in [2.75, 3.05) is 14.2 Å². The first-order valence-corrected chi connectivity index (χ1v) is 8.25. The zero-order valence-corrected chi connectivity index (χ0v) is 14.8. The van der Waals surface area contributed by atoms with E-state index in [0.717, 1.165) is 5.56 Å². The summed E-state index contributed by atoms with van der Waals surface area (Å²) in [6.45, 7) is 0.501. The molecule has 0 aliphatic carbocycles. The summed E-state index contributed by atoms with van der Waals surface area (Å²) in [6, 6.07) is 19.9. The van der Waals surface area contributed by atoms with Gasteiger partial charge in [-0.05, 0) is 35.9 Å². The lowest BCUT2D eigenvalue weighted by atomic mass is 10.2. The van der Waals surface area contributed by atoms with Gasteiger partial charge in [0, 0.05) is 31.5 Å². The Morgan fingerprint density at radius 3 is 2.35 bits per heavy atom. The van der Waals surface area contributed by atoms with Crippen molar-refractivity contribution in [2.24, 2.45) is 0 Å². The molecule has 5 heteroatoms. The molecule has 3 aromatic rings. The number of rotatable bonds is 5. The summed E-state index contributed by atoms with van der Waals surface area (Å²) < 4.78 is 6.60. The molecule has 0 radical (unpaired) electrons.